The smallest absolute Gasteiger partial charge is 0.313 e. The van der Waals surface area contributed by atoms with Crippen LogP contribution in [-0.2, 0) is 10.2 Å². The normalized spacial score (nSPS) is 11.5. The number of hydrogen-bond donors (Lipinski definition) is 2. The molecule has 5 nitrogen and oxygen atoms in total. The van der Waals surface area contributed by atoms with Crippen LogP contribution in [0, 0.1) is 0 Å². The van der Waals surface area contributed by atoms with Crippen LogP contribution in [-0.4, -0.2) is 22.0 Å². The molecule has 0 saturated carbocycles. The topological polar surface area (TPSA) is 79.3 Å². The maximum atomic E-state index is 12.2. The Balaban J connectivity index is 2.11. The van der Waals surface area contributed by atoms with Gasteiger partial charge in [-0.3, -0.25) is 9.59 Å². The summed E-state index contributed by atoms with van der Waals surface area (Å²) in [5.74, 6) is -0.865. The maximum absolute atomic E-state index is 12.2. The lowest BCUT2D eigenvalue weighted by Crippen LogP contribution is -2.28. The van der Waals surface area contributed by atoms with Gasteiger partial charge >= 0.3 is 5.97 Å². The number of aliphatic carboxylic acids is 1. The van der Waals surface area contributed by atoms with Gasteiger partial charge in [-0.15, -0.1) is 11.3 Å². The zero-order valence-corrected chi connectivity index (χ0v) is 14.4. The predicted molar refractivity (Wildman–Crippen MR) is 91.3 cm³/mol. The lowest BCUT2D eigenvalue weighted by molar-refractivity contribution is -0.142. The molecule has 0 bridgehead atoms. The molecule has 1 aromatic carbocycles. The molecule has 2 N–H and O–H groups in total. The van der Waals surface area contributed by atoms with Gasteiger partial charge in [0.25, 0.3) is 5.91 Å². The highest BCUT2D eigenvalue weighted by Gasteiger charge is 2.29. The number of nitrogens with zero attached hydrogens (tertiary/aromatic N) is 1. The van der Waals surface area contributed by atoms with Crippen LogP contribution in [0.3, 0.4) is 0 Å². The van der Waals surface area contributed by atoms with Crippen molar-refractivity contribution in [2.45, 2.75) is 39.0 Å². The first-order chi connectivity index (χ1) is 10.7. The molecule has 0 aliphatic rings. The Kier molecular flexibility index (Phi) is 4.85. The number of carbonyl (C=O) groups excluding carboxylic acids is 1. The first-order valence-corrected chi connectivity index (χ1v) is 8.20. The number of nitrogens with one attached hydrogen (secondary N) is 1. The van der Waals surface area contributed by atoms with Gasteiger partial charge in [0, 0.05) is 17.0 Å². The summed E-state index contributed by atoms with van der Waals surface area (Å²) in [5, 5.41) is 14.7. The maximum Gasteiger partial charge on any atom is 0.313 e. The quantitative estimate of drug-likeness (QED) is 0.871. The minimum absolute atomic E-state index is 0.265. The van der Waals surface area contributed by atoms with Crippen molar-refractivity contribution in [2.24, 2.45) is 0 Å². The van der Waals surface area contributed by atoms with E-state index >= 15 is 0 Å². The van der Waals surface area contributed by atoms with Crippen LogP contribution in [0.4, 0.5) is 5.69 Å². The average Bonchev–Trinajstić information content (AvgIpc) is 2.97. The monoisotopic (exact) mass is 332 g/mol. The van der Waals surface area contributed by atoms with Crippen LogP contribution in [0.25, 0.3) is 0 Å². The fourth-order valence-electron chi connectivity index (χ4n) is 1.95. The first kappa shape index (κ1) is 17.1. The molecule has 122 valence electrons. The fraction of sp³-hybridized carbons (Fsp3) is 0.353. The van der Waals surface area contributed by atoms with Gasteiger partial charge in [0.1, 0.15) is 5.69 Å². The summed E-state index contributed by atoms with van der Waals surface area (Å²) in [6, 6.07) is 6.83. The van der Waals surface area contributed by atoms with Crippen LogP contribution >= 0.6 is 11.3 Å². The molecule has 1 aromatic heterocycles. The molecule has 23 heavy (non-hydrogen) atoms. The molecule has 0 spiro atoms. The van der Waals surface area contributed by atoms with Crippen LogP contribution in [0.1, 0.15) is 54.7 Å². The third-order valence-corrected chi connectivity index (χ3v) is 4.79. The highest BCUT2D eigenvalue weighted by Crippen LogP contribution is 2.25. The molecule has 2 rings (SSSR count). The van der Waals surface area contributed by atoms with E-state index in [1.807, 2.05) is 13.8 Å². The minimum atomic E-state index is -0.969. The number of thiazole rings is 1. The summed E-state index contributed by atoms with van der Waals surface area (Å²) < 4.78 is 0. The number of aromatic nitrogens is 1. The van der Waals surface area contributed by atoms with Crippen molar-refractivity contribution in [2.75, 3.05) is 5.32 Å². The Morgan fingerprint density at radius 1 is 1.22 bits per heavy atom. The molecule has 0 saturated heterocycles. The predicted octanol–water partition coefficient (Wildman–Crippen LogP) is 3.88. The van der Waals surface area contributed by atoms with E-state index < -0.39 is 11.4 Å². The van der Waals surface area contributed by atoms with Crippen molar-refractivity contribution >= 4 is 28.9 Å². The third-order valence-electron chi connectivity index (χ3n) is 3.65. The van der Waals surface area contributed by atoms with E-state index in [1.165, 1.54) is 11.3 Å². The van der Waals surface area contributed by atoms with Crippen molar-refractivity contribution in [3.8, 4) is 0 Å². The Morgan fingerprint density at radius 3 is 2.30 bits per heavy atom. The Hall–Kier alpha value is -2.21. The molecule has 0 atom stereocenters. The number of benzene rings is 1. The van der Waals surface area contributed by atoms with E-state index in [0.29, 0.717) is 22.9 Å². The number of hydrogen-bond acceptors (Lipinski definition) is 4. The number of anilines is 1. The molecule has 0 aliphatic carbocycles. The lowest BCUT2D eigenvalue weighted by Gasteiger charge is -2.19. The standard InChI is InChI=1S/C17H20N2O3S/c1-10(2)15-19-13(9-23-15)14(20)18-12-7-5-11(6-8-12)17(3,4)16(21)22/h5-10H,1-4H3,(H,18,20)(H,21,22). The molecule has 0 aliphatic heterocycles. The second kappa shape index (κ2) is 6.50. The van der Waals surface area contributed by atoms with E-state index in [1.54, 1.807) is 43.5 Å². The van der Waals surface area contributed by atoms with E-state index in [4.69, 9.17) is 0 Å². The minimum Gasteiger partial charge on any atom is -0.481 e. The fourth-order valence-corrected chi connectivity index (χ4v) is 2.76. The van der Waals surface area contributed by atoms with Gasteiger partial charge in [-0.1, -0.05) is 26.0 Å². The number of amides is 1. The summed E-state index contributed by atoms with van der Waals surface area (Å²) in [4.78, 5) is 27.7. The number of rotatable bonds is 5. The van der Waals surface area contributed by atoms with Gasteiger partial charge in [-0.05, 0) is 31.5 Å². The summed E-state index contributed by atoms with van der Waals surface area (Å²) in [6.45, 7) is 7.35. The Labute approximate surface area is 139 Å². The van der Waals surface area contributed by atoms with Crippen molar-refractivity contribution in [1.29, 1.82) is 0 Å². The molecule has 1 heterocycles. The second-order valence-corrected chi connectivity index (χ2v) is 7.08. The summed E-state index contributed by atoms with van der Waals surface area (Å²) in [6.07, 6.45) is 0. The molecular weight excluding hydrogens is 312 g/mol. The SMILES string of the molecule is CC(C)c1nc(C(=O)Nc2ccc(C(C)(C)C(=O)O)cc2)cs1. The Bertz CT molecular complexity index is 718. The third kappa shape index (κ3) is 3.76. The summed E-state index contributed by atoms with van der Waals surface area (Å²) >= 11 is 1.47. The van der Waals surface area contributed by atoms with Gasteiger partial charge < -0.3 is 10.4 Å². The van der Waals surface area contributed by atoms with Crippen LogP contribution in [0.5, 0.6) is 0 Å². The first-order valence-electron chi connectivity index (χ1n) is 7.32. The number of carboxylic acids is 1. The molecule has 2 aromatic rings. The number of carbonyl (C=O) groups is 2. The van der Waals surface area contributed by atoms with E-state index in [0.717, 1.165) is 5.01 Å². The van der Waals surface area contributed by atoms with Gasteiger partial charge in [-0.25, -0.2) is 4.98 Å². The van der Waals surface area contributed by atoms with Gasteiger partial charge in [0.2, 0.25) is 0 Å². The van der Waals surface area contributed by atoms with Crippen molar-refractivity contribution in [3.63, 3.8) is 0 Å². The molecule has 0 unspecified atom stereocenters. The summed E-state index contributed by atoms with van der Waals surface area (Å²) in [5.41, 5.74) is 0.718. The largest absolute Gasteiger partial charge is 0.481 e. The van der Waals surface area contributed by atoms with E-state index in [-0.39, 0.29) is 5.91 Å². The Morgan fingerprint density at radius 2 is 1.83 bits per heavy atom. The van der Waals surface area contributed by atoms with E-state index in [9.17, 15) is 14.7 Å². The average molecular weight is 332 g/mol. The number of carboxylic acid groups (broad SMARTS) is 1. The highest BCUT2D eigenvalue weighted by molar-refractivity contribution is 7.09. The zero-order valence-electron chi connectivity index (χ0n) is 13.6. The van der Waals surface area contributed by atoms with Crippen LogP contribution in [0.2, 0.25) is 0 Å². The van der Waals surface area contributed by atoms with Gasteiger partial charge in [0.15, 0.2) is 0 Å². The molecule has 6 heteroatoms. The zero-order chi connectivity index (χ0) is 17.2. The van der Waals surface area contributed by atoms with E-state index in [2.05, 4.69) is 10.3 Å². The summed E-state index contributed by atoms with van der Waals surface area (Å²) in [7, 11) is 0. The van der Waals surface area contributed by atoms with Gasteiger partial charge in [0.05, 0.1) is 10.4 Å². The molecule has 0 fully saturated rings. The lowest BCUT2D eigenvalue weighted by atomic mass is 9.85. The van der Waals surface area contributed by atoms with Crippen molar-refractivity contribution < 1.29 is 14.7 Å². The molecule has 0 radical (unpaired) electrons. The van der Waals surface area contributed by atoms with Gasteiger partial charge in [-0.2, -0.15) is 0 Å². The second-order valence-electron chi connectivity index (χ2n) is 6.19. The van der Waals surface area contributed by atoms with Crippen LogP contribution in [0.15, 0.2) is 29.6 Å². The highest BCUT2D eigenvalue weighted by atomic mass is 32.1. The van der Waals surface area contributed by atoms with Crippen molar-refractivity contribution in [1.82, 2.24) is 4.98 Å². The van der Waals surface area contributed by atoms with Crippen molar-refractivity contribution in [3.05, 3.63) is 45.9 Å². The van der Waals surface area contributed by atoms with Crippen LogP contribution < -0.4 is 5.32 Å². The molecule has 1 amide bonds. The molecular formula is C17H20N2O3S.